The average molecular weight is 332 g/mol. The van der Waals surface area contributed by atoms with Crippen LogP contribution < -0.4 is 10.2 Å². The van der Waals surface area contributed by atoms with E-state index in [4.69, 9.17) is 0 Å². The van der Waals surface area contributed by atoms with Gasteiger partial charge in [0.25, 0.3) is 17.5 Å². The number of amides is 2. The first-order valence-corrected chi connectivity index (χ1v) is 8.36. The molecule has 3 rings (SSSR count). The summed E-state index contributed by atoms with van der Waals surface area (Å²) < 4.78 is 14.9. The summed E-state index contributed by atoms with van der Waals surface area (Å²) in [7, 11) is 0. The summed E-state index contributed by atoms with van der Waals surface area (Å²) in [4.78, 5) is 27.0. The van der Waals surface area contributed by atoms with E-state index in [1.807, 2.05) is 23.6 Å². The first-order valence-electron chi connectivity index (χ1n) is 7.48. The minimum absolute atomic E-state index is 0.119. The highest BCUT2D eigenvalue weighted by molar-refractivity contribution is 7.09. The Hall–Kier alpha value is -2.21. The normalized spacial score (nSPS) is 20.7. The van der Waals surface area contributed by atoms with Gasteiger partial charge in [-0.1, -0.05) is 24.3 Å². The van der Waals surface area contributed by atoms with Crippen molar-refractivity contribution in [2.75, 3.05) is 18.0 Å². The Labute approximate surface area is 137 Å². The topological polar surface area (TPSA) is 49.4 Å². The number of carbonyl (C=O) groups is 2. The standard InChI is InChI=1S/C17H17FN2O2S/c18-17(15(21)19-10-8-14-7-4-12-23-14)9-11-20(16(17)22)13-5-2-1-3-6-13/h1-7,12H,8-11H2,(H,19,21)/t17-/m0/s1. The lowest BCUT2D eigenvalue weighted by molar-refractivity contribution is -0.141. The van der Waals surface area contributed by atoms with Gasteiger partial charge in [0.2, 0.25) is 0 Å². The van der Waals surface area contributed by atoms with E-state index in [9.17, 15) is 14.0 Å². The molecule has 0 spiro atoms. The molecule has 1 aliphatic heterocycles. The Bertz CT molecular complexity index is 690. The lowest BCUT2D eigenvalue weighted by atomic mass is 10.0. The van der Waals surface area contributed by atoms with Gasteiger partial charge in [-0.25, -0.2) is 4.39 Å². The number of nitrogens with zero attached hydrogens (tertiary/aromatic N) is 1. The van der Waals surface area contributed by atoms with E-state index < -0.39 is 17.5 Å². The molecule has 1 aromatic carbocycles. The molecule has 1 aromatic heterocycles. The number of nitrogens with one attached hydrogen (secondary N) is 1. The molecular formula is C17H17FN2O2S. The molecule has 6 heteroatoms. The van der Waals surface area contributed by atoms with Crippen molar-refractivity contribution < 1.29 is 14.0 Å². The van der Waals surface area contributed by atoms with Gasteiger partial charge < -0.3 is 10.2 Å². The molecule has 0 radical (unpaired) electrons. The Morgan fingerprint density at radius 2 is 2.04 bits per heavy atom. The molecular weight excluding hydrogens is 315 g/mol. The fourth-order valence-corrected chi connectivity index (χ4v) is 3.36. The maximum Gasteiger partial charge on any atom is 0.274 e. The number of thiophene rings is 1. The highest BCUT2D eigenvalue weighted by atomic mass is 32.1. The summed E-state index contributed by atoms with van der Waals surface area (Å²) in [5.74, 6) is -1.62. The van der Waals surface area contributed by atoms with Gasteiger partial charge in [-0.2, -0.15) is 0 Å². The predicted molar refractivity (Wildman–Crippen MR) is 88.3 cm³/mol. The molecule has 1 atom stereocenters. The Kier molecular flexibility index (Phi) is 4.43. The highest BCUT2D eigenvalue weighted by Crippen LogP contribution is 2.31. The summed E-state index contributed by atoms with van der Waals surface area (Å²) in [5.41, 5.74) is -1.85. The molecule has 0 bridgehead atoms. The summed E-state index contributed by atoms with van der Waals surface area (Å²) >= 11 is 1.58. The van der Waals surface area contributed by atoms with Crippen LogP contribution in [-0.2, 0) is 16.0 Å². The van der Waals surface area contributed by atoms with Crippen molar-refractivity contribution in [1.82, 2.24) is 5.32 Å². The zero-order chi connectivity index (χ0) is 16.3. The van der Waals surface area contributed by atoms with Crippen LogP contribution in [0.5, 0.6) is 0 Å². The number of hydrogen-bond acceptors (Lipinski definition) is 3. The average Bonchev–Trinajstić information content (AvgIpc) is 3.18. The number of anilines is 1. The van der Waals surface area contributed by atoms with Crippen molar-refractivity contribution in [1.29, 1.82) is 0 Å². The first-order chi connectivity index (χ1) is 11.1. The van der Waals surface area contributed by atoms with Gasteiger partial charge in [0.05, 0.1) is 0 Å². The smallest absolute Gasteiger partial charge is 0.274 e. The number of para-hydroxylation sites is 1. The van der Waals surface area contributed by atoms with Crippen LogP contribution in [0, 0.1) is 0 Å². The number of rotatable bonds is 5. The van der Waals surface area contributed by atoms with Gasteiger partial charge in [0.15, 0.2) is 0 Å². The molecule has 2 amide bonds. The minimum atomic E-state index is -2.47. The van der Waals surface area contributed by atoms with Gasteiger partial charge in [-0.05, 0) is 30.0 Å². The van der Waals surface area contributed by atoms with E-state index in [1.54, 1.807) is 35.6 Å². The molecule has 1 N–H and O–H groups in total. The minimum Gasteiger partial charge on any atom is -0.352 e. The number of carbonyl (C=O) groups excluding carboxylic acids is 2. The quantitative estimate of drug-likeness (QED) is 0.856. The van der Waals surface area contributed by atoms with Crippen molar-refractivity contribution in [2.45, 2.75) is 18.5 Å². The second kappa shape index (κ2) is 6.50. The third-order valence-electron chi connectivity index (χ3n) is 3.93. The fourth-order valence-electron chi connectivity index (χ4n) is 2.65. The van der Waals surface area contributed by atoms with E-state index >= 15 is 0 Å². The van der Waals surface area contributed by atoms with Gasteiger partial charge in [-0.3, -0.25) is 9.59 Å². The Morgan fingerprint density at radius 1 is 1.26 bits per heavy atom. The molecule has 23 heavy (non-hydrogen) atoms. The van der Waals surface area contributed by atoms with Crippen LogP contribution in [0.25, 0.3) is 0 Å². The summed E-state index contributed by atoms with van der Waals surface area (Å²) in [5, 5.41) is 4.50. The second-order valence-corrected chi connectivity index (χ2v) is 6.46. The van der Waals surface area contributed by atoms with E-state index in [2.05, 4.69) is 5.32 Å². The number of hydrogen-bond donors (Lipinski definition) is 1. The van der Waals surface area contributed by atoms with Crippen molar-refractivity contribution in [3.63, 3.8) is 0 Å². The third-order valence-corrected chi connectivity index (χ3v) is 4.87. The molecule has 0 saturated carbocycles. The van der Waals surface area contributed by atoms with Crippen LogP contribution in [0.1, 0.15) is 11.3 Å². The fraction of sp³-hybridized carbons (Fsp3) is 0.294. The Morgan fingerprint density at radius 3 is 2.74 bits per heavy atom. The molecule has 1 fully saturated rings. The van der Waals surface area contributed by atoms with Crippen molar-refractivity contribution in [3.8, 4) is 0 Å². The largest absolute Gasteiger partial charge is 0.352 e. The maximum absolute atomic E-state index is 14.9. The van der Waals surface area contributed by atoms with E-state index in [1.165, 1.54) is 4.90 Å². The first kappa shape index (κ1) is 15.7. The molecule has 2 heterocycles. The van der Waals surface area contributed by atoms with Gasteiger partial charge >= 0.3 is 0 Å². The molecule has 0 aliphatic carbocycles. The predicted octanol–water partition coefficient (Wildman–Crippen LogP) is 2.55. The number of alkyl halides is 1. The second-order valence-electron chi connectivity index (χ2n) is 5.43. The van der Waals surface area contributed by atoms with Gasteiger partial charge in [0, 0.05) is 30.1 Å². The van der Waals surface area contributed by atoms with E-state index in [0.717, 1.165) is 4.88 Å². The van der Waals surface area contributed by atoms with Crippen LogP contribution in [0.3, 0.4) is 0 Å². The summed E-state index contributed by atoms with van der Waals surface area (Å²) in [6.45, 7) is 0.529. The van der Waals surface area contributed by atoms with Crippen molar-refractivity contribution in [2.24, 2.45) is 0 Å². The SMILES string of the molecule is O=C(NCCc1cccs1)[C@@]1(F)CCN(c2ccccc2)C1=O. The maximum atomic E-state index is 14.9. The summed E-state index contributed by atoms with van der Waals surface area (Å²) in [6.07, 6.45) is 0.516. The third kappa shape index (κ3) is 3.12. The lowest BCUT2D eigenvalue weighted by Gasteiger charge is -2.19. The molecule has 120 valence electrons. The van der Waals surface area contributed by atoms with Crippen LogP contribution in [0.4, 0.5) is 10.1 Å². The molecule has 4 nitrogen and oxygen atoms in total. The van der Waals surface area contributed by atoms with Crippen molar-refractivity contribution >= 4 is 28.8 Å². The zero-order valence-electron chi connectivity index (χ0n) is 12.5. The molecule has 0 unspecified atom stereocenters. The van der Waals surface area contributed by atoms with Gasteiger partial charge in [-0.15, -0.1) is 11.3 Å². The summed E-state index contributed by atoms with van der Waals surface area (Å²) in [6, 6.07) is 12.7. The zero-order valence-corrected chi connectivity index (χ0v) is 13.3. The Balaban J connectivity index is 1.62. The molecule has 2 aromatic rings. The van der Waals surface area contributed by atoms with Crippen LogP contribution in [0.15, 0.2) is 47.8 Å². The van der Waals surface area contributed by atoms with E-state index in [-0.39, 0.29) is 13.0 Å². The lowest BCUT2D eigenvalue weighted by Crippen LogP contribution is -2.49. The van der Waals surface area contributed by atoms with Crippen LogP contribution >= 0.6 is 11.3 Å². The van der Waals surface area contributed by atoms with Gasteiger partial charge in [0.1, 0.15) is 0 Å². The van der Waals surface area contributed by atoms with Crippen LogP contribution in [0.2, 0.25) is 0 Å². The number of halogens is 1. The van der Waals surface area contributed by atoms with Crippen LogP contribution in [-0.4, -0.2) is 30.6 Å². The van der Waals surface area contributed by atoms with E-state index in [0.29, 0.717) is 18.7 Å². The van der Waals surface area contributed by atoms with Crippen molar-refractivity contribution in [3.05, 3.63) is 52.7 Å². The monoisotopic (exact) mass is 332 g/mol. The molecule has 1 aliphatic rings. The molecule has 1 saturated heterocycles. The highest BCUT2D eigenvalue weighted by Gasteiger charge is 2.53. The number of benzene rings is 1.